The molecule has 184 valence electrons. The molecule has 0 spiro atoms. The van der Waals surface area contributed by atoms with Gasteiger partial charge in [0.2, 0.25) is 5.75 Å². The number of rotatable bonds is 6. The number of ether oxygens (including phenoxy) is 1. The van der Waals surface area contributed by atoms with Crippen molar-refractivity contribution in [2.45, 2.75) is 39.7 Å². The lowest BCUT2D eigenvalue weighted by atomic mass is 9.95. The average Bonchev–Trinajstić information content (AvgIpc) is 2.82. The SMILES string of the molecule is Cc1ccc(COc2c(C=Nn3c(C(C)(C)C)nc4ccc(Br)cc4c3=O)cccc2[N+](=O)[O-])cc1. The van der Waals surface area contributed by atoms with E-state index < -0.39 is 10.3 Å². The first kappa shape index (κ1) is 25.2. The number of halogens is 1. The lowest BCUT2D eigenvalue weighted by Crippen LogP contribution is -2.29. The smallest absolute Gasteiger partial charge is 0.311 e. The van der Waals surface area contributed by atoms with Crippen LogP contribution >= 0.6 is 15.9 Å². The molecule has 0 aliphatic heterocycles. The fourth-order valence-electron chi connectivity index (χ4n) is 3.65. The molecule has 3 aromatic carbocycles. The number of para-hydroxylation sites is 1. The van der Waals surface area contributed by atoms with E-state index in [0.717, 1.165) is 15.6 Å². The van der Waals surface area contributed by atoms with E-state index in [1.807, 2.05) is 58.0 Å². The lowest BCUT2D eigenvalue weighted by molar-refractivity contribution is -0.385. The lowest BCUT2D eigenvalue weighted by Gasteiger charge is -2.21. The van der Waals surface area contributed by atoms with Crippen molar-refractivity contribution in [2.24, 2.45) is 5.10 Å². The zero-order valence-electron chi connectivity index (χ0n) is 20.4. The summed E-state index contributed by atoms with van der Waals surface area (Å²) in [6.45, 7) is 7.94. The van der Waals surface area contributed by atoms with Crippen LogP contribution in [0, 0.1) is 17.0 Å². The molecule has 0 aliphatic carbocycles. The molecule has 8 nitrogen and oxygen atoms in total. The Hall–Kier alpha value is -3.85. The predicted molar refractivity (Wildman–Crippen MR) is 144 cm³/mol. The topological polar surface area (TPSA) is 99.6 Å². The summed E-state index contributed by atoms with van der Waals surface area (Å²) in [5.41, 5.74) is 1.90. The van der Waals surface area contributed by atoms with Crippen molar-refractivity contribution in [3.63, 3.8) is 0 Å². The normalized spacial score (nSPS) is 11.8. The Labute approximate surface area is 216 Å². The highest BCUT2D eigenvalue weighted by Gasteiger charge is 2.23. The van der Waals surface area contributed by atoms with Gasteiger partial charge in [-0.25, -0.2) is 4.98 Å². The van der Waals surface area contributed by atoms with E-state index in [2.05, 4.69) is 21.0 Å². The molecule has 0 amide bonds. The third-order valence-electron chi connectivity index (χ3n) is 5.52. The minimum Gasteiger partial charge on any atom is -0.481 e. The molecule has 0 N–H and O–H groups in total. The first-order valence-electron chi connectivity index (χ1n) is 11.3. The number of benzene rings is 3. The Bertz CT molecular complexity index is 1540. The van der Waals surface area contributed by atoms with E-state index in [1.165, 1.54) is 17.0 Å². The van der Waals surface area contributed by atoms with Crippen LogP contribution in [0.1, 0.15) is 43.3 Å². The van der Waals surface area contributed by atoms with Crippen molar-refractivity contribution < 1.29 is 9.66 Å². The van der Waals surface area contributed by atoms with Crippen LogP contribution in [0.4, 0.5) is 5.69 Å². The van der Waals surface area contributed by atoms with Crippen molar-refractivity contribution in [3.05, 3.63) is 108 Å². The summed E-state index contributed by atoms with van der Waals surface area (Å²) in [4.78, 5) is 29.4. The van der Waals surface area contributed by atoms with Gasteiger partial charge in [-0.2, -0.15) is 9.78 Å². The number of aromatic nitrogens is 2. The number of nitrogens with zero attached hydrogens (tertiary/aromatic N) is 4. The monoisotopic (exact) mass is 548 g/mol. The van der Waals surface area contributed by atoms with Gasteiger partial charge >= 0.3 is 5.69 Å². The van der Waals surface area contributed by atoms with Crippen LogP contribution in [-0.2, 0) is 12.0 Å². The fraction of sp³-hybridized carbons (Fsp3) is 0.222. The van der Waals surface area contributed by atoms with E-state index in [9.17, 15) is 14.9 Å². The molecular weight excluding hydrogens is 524 g/mol. The molecule has 0 saturated carbocycles. The molecular formula is C27H25BrN4O4. The van der Waals surface area contributed by atoms with Crippen LogP contribution in [0.3, 0.4) is 0 Å². The van der Waals surface area contributed by atoms with Crippen LogP contribution in [0.5, 0.6) is 5.75 Å². The highest BCUT2D eigenvalue weighted by Crippen LogP contribution is 2.31. The summed E-state index contributed by atoms with van der Waals surface area (Å²) >= 11 is 3.40. The first-order chi connectivity index (χ1) is 17.0. The van der Waals surface area contributed by atoms with Gasteiger partial charge in [-0.1, -0.05) is 72.6 Å². The van der Waals surface area contributed by atoms with Gasteiger partial charge in [0.05, 0.1) is 22.0 Å². The molecule has 0 saturated heterocycles. The molecule has 36 heavy (non-hydrogen) atoms. The maximum atomic E-state index is 13.4. The predicted octanol–water partition coefficient (Wildman–Crippen LogP) is 6.13. The van der Waals surface area contributed by atoms with Gasteiger partial charge in [0, 0.05) is 21.5 Å². The van der Waals surface area contributed by atoms with E-state index in [0.29, 0.717) is 22.3 Å². The second-order valence-electron chi connectivity index (χ2n) is 9.44. The summed E-state index contributed by atoms with van der Waals surface area (Å²) in [6.07, 6.45) is 1.40. The van der Waals surface area contributed by atoms with Gasteiger partial charge in [0.1, 0.15) is 12.4 Å². The second-order valence-corrected chi connectivity index (χ2v) is 10.4. The van der Waals surface area contributed by atoms with Crippen molar-refractivity contribution in [2.75, 3.05) is 0 Å². The van der Waals surface area contributed by atoms with Crippen molar-refractivity contribution in [1.82, 2.24) is 9.66 Å². The Kier molecular flexibility index (Phi) is 7.03. The number of hydrogen-bond acceptors (Lipinski definition) is 6. The Morgan fingerprint density at radius 1 is 1.14 bits per heavy atom. The number of fused-ring (bicyclic) bond motifs is 1. The number of nitro benzene ring substituents is 1. The quantitative estimate of drug-likeness (QED) is 0.164. The zero-order valence-corrected chi connectivity index (χ0v) is 21.9. The molecule has 0 atom stereocenters. The molecule has 4 rings (SSSR count). The molecule has 0 unspecified atom stereocenters. The maximum Gasteiger partial charge on any atom is 0.311 e. The highest BCUT2D eigenvalue weighted by atomic mass is 79.9. The summed E-state index contributed by atoms with van der Waals surface area (Å²) < 4.78 is 7.91. The summed E-state index contributed by atoms with van der Waals surface area (Å²) in [7, 11) is 0. The minimum atomic E-state index is -0.496. The highest BCUT2D eigenvalue weighted by molar-refractivity contribution is 9.10. The van der Waals surface area contributed by atoms with E-state index in [-0.39, 0.29) is 23.6 Å². The van der Waals surface area contributed by atoms with Crippen LogP contribution in [0.15, 0.2) is 75.0 Å². The maximum absolute atomic E-state index is 13.4. The Morgan fingerprint density at radius 2 is 1.86 bits per heavy atom. The Morgan fingerprint density at radius 3 is 2.53 bits per heavy atom. The second kappa shape index (κ2) is 10.0. The molecule has 0 aliphatic rings. The van der Waals surface area contributed by atoms with Crippen LogP contribution in [0.2, 0.25) is 0 Å². The van der Waals surface area contributed by atoms with Gasteiger partial charge in [-0.3, -0.25) is 14.9 Å². The third-order valence-corrected chi connectivity index (χ3v) is 6.01. The fourth-order valence-corrected chi connectivity index (χ4v) is 4.01. The van der Waals surface area contributed by atoms with Crippen molar-refractivity contribution >= 4 is 38.7 Å². The Balaban J connectivity index is 1.81. The third kappa shape index (κ3) is 5.36. The number of aryl methyl sites for hydroxylation is 1. The molecule has 1 heterocycles. The van der Waals surface area contributed by atoms with E-state index in [1.54, 1.807) is 24.3 Å². The molecule has 0 bridgehead atoms. The van der Waals surface area contributed by atoms with Gasteiger partial charge in [0.25, 0.3) is 5.56 Å². The van der Waals surface area contributed by atoms with Crippen LogP contribution in [0.25, 0.3) is 10.9 Å². The standard InChI is InChI=1S/C27H25BrN4O4/c1-17-8-10-18(11-9-17)16-36-24-19(6-5-7-23(24)32(34)35)15-29-31-25(33)21-14-20(28)12-13-22(21)30-26(31)27(2,3)4/h5-15H,16H2,1-4H3. The average molecular weight is 549 g/mol. The first-order valence-corrected chi connectivity index (χ1v) is 12.1. The summed E-state index contributed by atoms with van der Waals surface area (Å²) in [6, 6.07) is 17.6. The molecule has 0 radical (unpaired) electrons. The van der Waals surface area contributed by atoms with Gasteiger partial charge in [0.15, 0.2) is 0 Å². The summed E-state index contributed by atoms with van der Waals surface area (Å²) in [5, 5.41) is 16.6. The van der Waals surface area contributed by atoms with Crippen molar-refractivity contribution in [3.8, 4) is 5.75 Å². The molecule has 4 aromatic rings. The van der Waals surface area contributed by atoms with E-state index >= 15 is 0 Å². The van der Waals surface area contributed by atoms with Gasteiger partial charge in [-0.15, -0.1) is 0 Å². The molecule has 0 fully saturated rings. The summed E-state index contributed by atoms with van der Waals surface area (Å²) in [5.74, 6) is 0.541. The van der Waals surface area contributed by atoms with Crippen LogP contribution in [-0.4, -0.2) is 20.8 Å². The number of hydrogen-bond donors (Lipinski definition) is 0. The van der Waals surface area contributed by atoms with E-state index in [4.69, 9.17) is 9.72 Å². The van der Waals surface area contributed by atoms with Gasteiger partial charge < -0.3 is 4.74 Å². The van der Waals surface area contributed by atoms with Crippen LogP contribution < -0.4 is 10.3 Å². The molecule has 1 aromatic heterocycles. The number of nitro groups is 1. The van der Waals surface area contributed by atoms with Crippen molar-refractivity contribution in [1.29, 1.82) is 0 Å². The minimum absolute atomic E-state index is 0.0775. The largest absolute Gasteiger partial charge is 0.481 e. The van der Waals surface area contributed by atoms with Gasteiger partial charge in [-0.05, 0) is 36.8 Å². The zero-order chi connectivity index (χ0) is 26.0. The molecule has 9 heteroatoms.